The van der Waals surface area contributed by atoms with Crippen LogP contribution in [-0.4, -0.2) is 70.9 Å². The molecule has 35 heavy (non-hydrogen) atoms. The van der Waals surface area contributed by atoms with Crippen molar-refractivity contribution in [1.82, 2.24) is 24.7 Å². The van der Waals surface area contributed by atoms with Crippen LogP contribution < -0.4 is 9.47 Å². The summed E-state index contributed by atoms with van der Waals surface area (Å²) in [5.74, 6) is -0.0262. The lowest BCUT2D eigenvalue weighted by Gasteiger charge is -2.20. The topological polar surface area (TPSA) is 139 Å². The number of sulfone groups is 1. The van der Waals surface area contributed by atoms with Gasteiger partial charge in [-0.15, -0.1) is 10.2 Å². The van der Waals surface area contributed by atoms with Crippen LogP contribution in [0.2, 0.25) is 0 Å². The molecule has 0 amide bonds. The summed E-state index contributed by atoms with van der Waals surface area (Å²) in [6.07, 6.45) is 0.858. The van der Waals surface area contributed by atoms with Gasteiger partial charge in [-0.1, -0.05) is 6.07 Å². The summed E-state index contributed by atoms with van der Waals surface area (Å²) in [6.45, 7) is 2.30. The molecule has 0 radical (unpaired) electrons. The maximum atomic E-state index is 13.3. The summed E-state index contributed by atoms with van der Waals surface area (Å²) in [6, 6.07) is 5.20. The fraction of sp³-hybridized carbons (Fsp3) is 0.455. The van der Waals surface area contributed by atoms with Crippen molar-refractivity contribution in [3.8, 4) is 17.2 Å². The zero-order valence-electron chi connectivity index (χ0n) is 19.5. The van der Waals surface area contributed by atoms with E-state index < -0.39 is 32.8 Å². The van der Waals surface area contributed by atoms with Gasteiger partial charge in [0.25, 0.3) is 0 Å². The third kappa shape index (κ3) is 4.97. The summed E-state index contributed by atoms with van der Waals surface area (Å²) >= 11 is 0. The molecular weight excluding hydrogens is 481 g/mol. The third-order valence-electron chi connectivity index (χ3n) is 5.92. The Kier molecular flexibility index (Phi) is 7.28. The molecule has 2 aromatic heterocycles. The first kappa shape index (κ1) is 24.9. The van der Waals surface area contributed by atoms with E-state index in [1.165, 1.54) is 21.1 Å². The second-order valence-electron chi connectivity index (χ2n) is 8.10. The number of hydrogen-bond acceptors (Lipinski definition) is 10. The van der Waals surface area contributed by atoms with E-state index in [4.69, 9.17) is 14.2 Å². The average molecular weight is 508 g/mol. The number of hydrogen-bond donors (Lipinski definition) is 1. The van der Waals surface area contributed by atoms with Crippen LogP contribution in [-0.2, 0) is 20.3 Å². The molecule has 0 bridgehead atoms. The highest BCUT2D eigenvalue weighted by Crippen LogP contribution is 2.37. The maximum Gasteiger partial charge on any atom is 0.163 e. The Labute approximate surface area is 201 Å². The van der Waals surface area contributed by atoms with Crippen molar-refractivity contribution in [2.45, 2.75) is 36.4 Å². The number of para-hydroxylation sites is 1. The van der Waals surface area contributed by atoms with Crippen LogP contribution in [0, 0.1) is 5.82 Å². The van der Waals surface area contributed by atoms with E-state index in [2.05, 4.69) is 20.2 Å². The van der Waals surface area contributed by atoms with Crippen molar-refractivity contribution in [3.63, 3.8) is 0 Å². The van der Waals surface area contributed by atoms with E-state index in [1.54, 1.807) is 22.8 Å². The molecule has 3 heterocycles. The second kappa shape index (κ2) is 10.2. The van der Waals surface area contributed by atoms with E-state index in [9.17, 15) is 17.9 Å². The standard InChI is InChI=1S/C22H26FN5O6S/c1-13(20(29)21-24-9-15(23)10-25-21)35(30,31)12-18-26-27-22(14-7-8-34-11-14)28(18)19-16(32-2)5-4-6-17(19)33-3/h4-6,9-10,13-14,20,29H,7-8,11-12H2,1-3H3/t13-,14-,20-/m0/s1. The van der Waals surface area contributed by atoms with Gasteiger partial charge in [0.15, 0.2) is 27.3 Å². The van der Waals surface area contributed by atoms with Gasteiger partial charge >= 0.3 is 0 Å². The molecule has 13 heteroatoms. The molecule has 1 saturated heterocycles. The lowest BCUT2D eigenvalue weighted by atomic mass is 10.1. The fourth-order valence-corrected chi connectivity index (χ4v) is 5.24. The molecule has 0 unspecified atom stereocenters. The first-order chi connectivity index (χ1) is 16.8. The van der Waals surface area contributed by atoms with Gasteiger partial charge in [-0.05, 0) is 25.5 Å². The van der Waals surface area contributed by atoms with Gasteiger partial charge in [0.05, 0.1) is 38.5 Å². The molecule has 3 atom stereocenters. The summed E-state index contributed by atoms with van der Waals surface area (Å²) in [5.41, 5.74) is 0.463. The van der Waals surface area contributed by atoms with Crippen molar-refractivity contribution >= 4 is 9.84 Å². The monoisotopic (exact) mass is 507 g/mol. The van der Waals surface area contributed by atoms with Gasteiger partial charge in [0, 0.05) is 12.5 Å². The summed E-state index contributed by atoms with van der Waals surface area (Å²) < 4.78 is 58.1. The van der Waals surface area contributed by atoms with E-state index in [0.717, 1.165) is 12.4 Å². The summed E-state index contributed by atoms with van der Waals surface area (Å²) in [7, 11) is -1.01. The minimum absolute atomic E-state index is 0.107. The average Bonchev–Trinajstić information content (AvgIpc) is 3.52. The predicted molar refractivity (Wildman–Crippen MR) is 122 cm³/mol. The number of aliphatic hydroxyl groups is 1. The molecule has 1 aromatic carbocycles. The Bertz CT molecular complexity index is 1260. The Morgan fingerprint density at radius 3 is 2.43 bits per heavy atom. The molecule has 11 nitrogen and oxygen atoms in total. The van der Waals surface area contributed by atoms with Gasteiger partial charge in [0.2, 0.25) is 0 Å². The third-order valence-corrected chi connectivity index (χ3v) is 7.97. The summed E-state index contributed by atoms with van der Waals surface area (Å²) in [5, 5.41) is 17.8. The molecule has 0 saturated carbocycles. The van der Waals surface area contributed by atoms with Crippen molar-refractivity contribution in [3.05, 3.63) is 53.9 Å². The van der Waals surface area contributed by atoms with E-state index in [0.29, 0.717) is 42.6 Å². The summed E-state index contributed by atoms with van der Waals surface area (Å²) in [4.78, 5) is 7.41. The van der Waals surface area contributed by atoms with Crippen molar-refractivity contribution < 1.29 is 32.1 Å². The smallest absolute Gasteiger partial charge is 0.163 e. The molecule has 1 N–H and O–H groups in total. The van der Waals surface area contributed by atoms with Crippen molar-refractivity contribution in [2.75, 3.05) is 27.4 Å². The van der Waals surface area contributed by atoms with Crippen LogP contribution in [0.3, 0.4) is 0 Å². The van der Waals surface area contributed by atoms with Crippen molar-refractivity contribution in [1.29, 1.82) is 0 Å². The largest absolute Gasteiger partial charge is 0.494 e. The maximum absolute atomic E-state index is 13.3. The molecule has 4 rings (SSSR count). The number of halogens is 1. The van der Waals surface area contributed by atoms with E-state index >= 15 is 0 Å². The molecular formula is C22H26FN5O6S. The minimum atomic E-state index is -4.01. The van der Waals surface area contributed by atoms with Gasteiger partial charge < -0.3 is 19.3 Å². The molecule has 0 aliphatic carbocycles. The van der Waals surface area contributed by atoms with Gasteiger partial charge in [-0.25, -0.2) is 22.8 Å². The van der Waals surface area contributed by atoms with Crippen LogP contribution in [0.15, 0.2) is 30.6 Å². The highest BCUT2D eigenvalue weighted by Gasteiger charge is 2.35. The lowest BCUT2D eigenvalue weighted by molar-refractivity contribution is 0.165. The Balaban J connectivity index is 1.76. The predicted octanol–water partition coefficient (Wildman–Crippen LogP) is 1.75. The molecule has 1 fully saturated rings. The number of aromatic nitrogens is 5. The Morgan fingerprint density at radius 2 is 1.86 bits per heavy atom. The SMILES string of the molecule is COc1cccc(OC)c1-n1c(CS(=O)(=O)[C@@H](C)[C@H](O)c2ncc(F)cn2)nnc1[C@H]1CCOC1. The molecule has 188 valence electrons. The fourth-order valence-electron chi connectivity index (χ4n) is 3.91. The van der Waals surface area contributed by atoms with Crippen LogP contribution in [0.25, 0.3) is 5.69 Å². The number of methoxy groups -OCH3 is 2. The number of ether oxygens (including phenoxy) is 3. The van der Waals surface area contributed by atoms with Gasteiger partial charge in [-0.2, -0.15) is 0 Å². The zero-order chi connectivity index (χ0) is 25.2. The van der Waals surface area contributed by atoms with Crippen LogP contribution in [0.1, 0.15) is 42.8 Å². The lowest BCUT2D eigenvalue weighted by Crippen LogP contribution is -2.29. The zero-order valence-corrected chi connectivity index (χ0v) is 20.3. The molecule has 0 spiro atoms. The highest BCUT2D eigenvalue weighted by atomic mass is 32.2. The van der Waals surface area contributed by atoms with Gasteiger partial charge in [0.1, 0.15) is 34.9 Å². The Hall–Kier alpha value is -3.16. The second-order valence-corrected chi connectivity index (χ2v) is 10.5. The number of rotatable bonds is 9. The first-order valence-corrected chi connectivity index (χ1v) is 12.6. The van der Waals surface area contributed by atoms with Gasteiger partial charge in [-0.3, -0.25) is 4.57 Å². The Morgan fingerprint density at radius 1 is 1.20 bits per heavy atom. The molecule has 3 aromatic rings. The normalized spacial score (nSPS) is 17.8. The molecule has 1 aliphatic rings. The first-order valence-electron chi connectivity index (χ1n) is 10.9. The van der Waals surface area contributed by atoms with Crippen LogP contribution >= 0.6 is 0 Å². The minimum Gasteiger partial charge on any atom is -0.494 e. The van der Waals surface area contributed by atoms with E-state index in [-0.39, 0.29) is 17.6 Å². The molecule has 1 aliphatic heterocycles. The highest BCUT2D eigenvalue weighted by molar-refractivity contribution is 7.91. The number of nitrogens with zero attached hydrogens (tertiary/aromatic N) is 5. The number of benzene rings is 1. The quantitative estimate of drug-likeness (QED) is 0.456. The van der Waals surface area contributed by atoms with Crippen molar-refractivity contribution in [2.24, 2.45) is 0 Å². The van der Waals surface area contributed by atoms with Crippen LogP contribution in [0.4, 0.5) is 4.39 Å². The number of aliphatic hydroxyl groups excluding tert-OH is 1. The van der Waals surface area contributed by atoms with E-state index in [1.807, 2.05) is 0 Å². The van der Waals surface area contributed by atoms with Crippen LogP contribution in [0.5, 0.6) is 11.5 Å².